The Labute approximate surface area is 181 Å². The summed E-state index contributed by atoms with van der Waals surface area (Å²) in [5.74, 6) is 1.74. The van der Waals surface area contributed by atoms with Gasteiger partial charge in [-0.2, -0.15) is 0 Å². The Morgan fingerprint density at radius 2 is 1.90 bits per heavy atom. The maximum absolute atomic E-state index is 12.6. The van der Waals surface area contributed by atoms with Gasteiger partial charge in [-0.1, -0.05) is 17.3 Å². The molecule has 4 rings (SSSR count). The van der Waals surface area contributed by atoms with Gasteiger partial charge in [-0.3, -0.25) is 0 Å². The van der Waals surface area contributed by atoms with E-state index in [1.54, 1.807) is 18.7 Å². The van der Waals surface area contributed by atoms with Crippen molar-refractivity contribution >= 4 is 5.97 Å². The molecule has 0 radical (unpaired) electrons. The van der Waals surface area contributed by atoms with Gasteiger partial charge in [0.1, 0.15) is 17.2 Å². The first-order valence-electron chi connectivity index (χ1n) is 10.6. The third-order valence-corrected chi connectivity index (χ3v) is 5.20. The molecular formula is C24H27N3O4. The molecule has 0 spiro atoms. The van der Waals surface area contributed by atoms with E-state index in [2.05, 4.69) is 10.3 Å². The summed E-state index contributed by atoms with van der Waals surface area (Å²) in [6.45, 7) is 5.23. The van der Waals surface area contributed by atoms with E-state index in [9.17, 15) is 4.79 Å². The summed E-state index contributed by atoms with van der Waals surface area (Å²) in [5.41, 5.74) is 3.70. The van der Waals surface area contributed by atoms with Crippen LogP contribution in [0.2, 0.25) is 0 Å². The van der Waals surface area contributed by atoms with Crippen molar-refractivity contribution in [2.75, 3.05) is 20.3 Å². The van der Waals surface area contributed by atoms with Gasteiger partial charge in [-0.25, -0.2) is 9.48 Å². The lowest BCUT2D eigenvalue weighted by Gasteiger charge is -2.12. The average Bonchev–Trinajstić information content (AvgIpc) is 3.51. The molecule has 1 aliphatic rings. The molecule has 0 saturated heterocycles. The second-order valence-corrected chi connectivity index (χ2v) is 7.80. The highest BCUT2D eigenvalue weighted by Crippen LogP contribution is 2.32. The maximum atomic E-state index is 12.6. The Balaban J connectivity index is 1.71. The lowest BCUT2D eigenvalue weighted by atomic mass is 10.1. The fraction of sp³-hybridized carbons (Fsp3) is 0.375. The molecule has 162 valence electrons. The van der Waals surface area contributed by atoms with Crippen molar-refractivity contribution in [2.45, 2.75) is 33.2 Å². The van der Waals surface area contributed by atoms with Crippen LogP contribution in [0.3, 0.4) is 0 Å². The maximum Gasteiger partial charge on any atom is 0.361 e. The Morgan fingerprint density at radius 1 is 1.13 bits per heavy atom. The van der Waals surface area contributed by atoms with E-state index < -0.39 is 5.97 Å². The number of aromatic nitrogens is 3. The standard InChI is InChI=1S/C24H27N3O4/c1-4-30-24(28)22-23(19-11-16(2)12-21(13-19)31-15-18-5-6-18)27(26-25-22)14-17-7-9-20(29-3)10-8-17/h7-13,18H,4-6,14-15H2,1-3H3. The van der Waals surface area contributed by atoms with Crippen LogP contribution in [0.25, 0.3) is 11.3 Å². The molecule has 0 N–H and O–H groups in total. The highest BCUT2D eigenvalue weighted by molar-refractivity contribution is 5.94. The van der Waals surface area contributed by atoms with Gasteiger partial charge >= 0.3 is 5.97 Å². The van der Waals surface area contributed by atoms with Crippen molar-refractivity contribution in [1.82, 2.24) is 15.0 Å². The van der Waals surface area contributed by atoms with Gasteiger partial charge in [-0.15, -0.1) is 5.10 Å². The van der Waals surface area contributed by atoms with E-state index in [-0.39, 0.29) is 12.3 Å². The smallest absolute Gasteiger partial charge is 0.361 e. The lowest BCUT2D eigenvalue weighted by molar-refractivity contribution is 0.0520. The number of ether oxygens (including phenoxy) is 3. The van der Waals surface area contributed by atoms with Gasteiger partial charge in [0.15, 0.2) is 5.69 Å². The van der Waals surface area contributed by atoms with Crippen LogP contribution >= 0.6 is 0 Å². The summed E-state index contributed by atoms with van der Waals surface area (Å²) < 4.78 is 18.2. The molecule has 1 aliphatic carbocycles. The van der Waals surface area contributed by atoms with Crippen LogP contribution in [0.5, 0.6) is 11.5 Å². The van der Waals surface area contributed by atoms with Crippen molar-refractivity contribution in [3.8, 4) is 22.8 Å². The lowest BCUT2D eigenvalue weighted by Crippen LogP contribution is -2.09. The van der Waals surface area contributed by atoms with Crippen molar-refractivity contribution in [3.05, 3.63) is 59.3 Å². The second kappa shape index (κ2) is 9.20. The summed E-state index contributed by atoms with van der Waals surface area (Å²) in [5, 5.41) is 8.43. The molecule has 0 aliphatic heterocycles. The summed E-state index contributed by atoms with van der Waals surface area (Å²) >= 11 is 0. The van der Waals surface area contributed by atoms with E-state index in [0.29, 0.717) is 18.2 Å². The van der Waals surface area contributed by atoms with Gasteiger partial charge in [0.05, 0.1) is 26.9 Å². The molecule has 3 aromatic rings. The zero-order valence-corrected chi connectivity index (χ0v) is 18.1. The van der Waals surface area contributed by atoms with Crippen LogP contribution in [0, 0.1) is 12.8 Å². The number of rotatable bonds is 9. The van der Waals surface area contributed by atoms with Crippen molar-refractivity contribution in [3.63, 3.8) is 0 Å². The molecule has 0 bridgehead atoms. The van der Waals surface area contributed by atoms with E-state index >= 15 is 0 Å². The first-order chi connectivity index (χ1) is 15.1. The molecule has 31 heavy (non-hydrogen) atoms. The Hall–Kier alpha value is -3.35. The fourth-order valence-electron chi connectivity index (χ4n) is 3.42. The van der Waals surface area contributed by atoms with Crippen molar-refractivity contribution in [1.29, 1.82) is 0 Å². The number of esters is 1. The summed E-state index contributed by atoms with van der Waals surface area (Å²) in [6, 6.07) is 13.7. The normalized spacial score (nSPS) is 13.1. The number of carbonyl (C=O) groups is 1. The van der Waals surface area contributed by atoms with Crippen molar-refractivity contribution in [2.24, 2.45) is 5.92 Å². The van der Waals surface area contributed by atoms with E-state index in [1.807, 2.05) is 49.4 Å². The molecule has 7 heteroatoms. The van der Waals surface area contributed by atoms with Crippen LogP contribution in [-0.2, 0) is 11.3 Å². The van der Waals surface area contributed by atoms with Crippen molar-refractivity contribution < 1.29 is 19.0 Å². The minimum absolute atomic E-state index is 0.203. The van der Waals surface area contributed by atoms with E-state index in [4.69, 9.17) is 14.2 Å². The second-order valence-electron chi connectivity index (χ2n) is 7.80. The molecule has 0 amide bonds. The number of carbonyl (C=O) groups excluding carboxylic acids is 1. The monoisotopic (exact) mass is 421 g/mol. The minimum Gasteiger partial charge on any atom is -0.497 e. The van der Waals surface area contributed by atoms with Crippen LogP contribution in [-0.4, -0.2) is 41.3 Å². The van der Waals surface area contributed by atoms with E-state index in [1.165, 1.54) is 12.8 Å². The molecule has 0 unspecified atom stereocenters. The first kappa shape index (κ1) is 20.9. The Kier molecular flexibility index (Phi) is 6.21. The van der Waals surface area contributed by atoms with Gasteiger partial charge in [0.2, 0.25) is 0 Å². The summed E-state index contributed by atoms with van der Waals surface area (Å²) in [7, 11) is 1.64. The number of methoxy groups -OCH3 is 1. The number of nitrogens with zero attached hydrogens (tertiary/aromatic N) is 3. The van der Waals surface area contributed by atoms with Crippen LogP contribution < -0.4 is 9.47 Å². The minimum atomic E-state index is -0.486. The van der Waals surface area contributed by atoms with Crippen LogP contribution in [0.15, 0.2) is 42.5 Å². The molecular weight excluding hydrogens is 394 g/mol. The predicted octanol–water partition coefficient (Wildman–Crippen LogP) is 4.28. The highest BCUT2D eigenvalue weighted by Gasteiger charge is 2.24. The first-order valence-corrected chi connectivity index (χ1v) is 10.6. The number of benzene rings is 2. The number of hydrogen-bond acceptors (Lipinski definition) is 6. The number of aryl methyl sites for hydroxylation is 1. The SMILES string of the molecule is CCOC(=O)c1nnn(Cc2ccc(OC)cc2)c1-c1cc(C)cc(OCC2CC2)c1. The number of hydrogen-bond donors (Lipinski definition) is 0. The topological polar surface area (TPSA) is 75.5 Å². The Bertz CT molecular complexity index is 1060. The van der Waals surface area contributed by atoms with Gasteiger partial charge < -0.3 is 14.2 Å². The van der Waals surface area contributed by atoms with Gasteiger partial charge in [0, 0.05) is 5.56 Å². The average molecular weight is 421 g/mol. The highest BCUT2D eigenvalue weighted by atomic mass is 16.5. The molecule has 2 aromatic carbocycles. The third-order valence-electron chi connectivity index (χ3n) is 5.20. The molecule has 0 atom stereocenters. The quantitative estimate of drug-likeness (QED) is 0.480. The predicted molar refractivity (Wildman–Crippen MR) is 116 cm³/mol. The summed E-state index contributed by atoms with van der Waals surface area (Å²) in [6.07, 6.45) is 2.45. The molecule has 1 heterocycles. The fourth-order valence-corrected chi connectivity index (χ4v) is 3.42. The van der Waals surface area contributed by atoms with Crippen LogP contribution in [0.4, 0.5) is 0 Å². The third kappa shape index (κ3) is 5.05. The van der Waals surface area contributed by atoms with Gasteiger partial charge in [0.25, 0.3) is 0 Å². The van der Waals surface area contributed by atoms with Gasteiger partial charge in [-0.05, 0) is 74.1 Å². The zero-order chi connectivity index (χ0) is 21.8. The molecule has 7 nitrogen and oxygen atoms in total. The van der Waals surface area contributed by atoms with E-state index in [0.717, 1.165) is 34.8 Å². The molecule has 1 aromatic heterocycles. The zero-order valence-electron chi connectivity index (χ0n) is 18.1. The largest absolute Gasteiger partial charge is 0.497 e. The molecule has 1 saturated carbocycles. The Morgan fingerprint density at radius 3 is 2.58 bits per heavy atom. The van der Waals surface area contributed by atoms with Crippen LogP contribution in [0.1, 0.15) is 41.4 Å². The summed E-state index contributed by atoms with van der Waals surface area (Å²) in [4.78, 5) is 12.6. The molecule has 1 fully saturated rings.